The first kappa shape index (κ1) is 37.6. The van der Waals surface area contributed by atoms with Crippen molar-refractivity contribution in [3.05, 3.63) is 36.4 Å². The van der Waals surface area contributed by atoms with Crippen LogP contribution in [0.2, 0.25) is 0 Å². The molecule has 0 heterocycles. The van der Waals surface area contributed by atoms with Gasteiger partial charge in [0.1, 0.15) is 23.3 Å². The summed E-state index contributed by atoms with van der Waals surface area (Å²) in [5.41, 5.74) is 2.09. The SMILES string of the molecule is CCCCCCCCNS(=O)(=O)c1ccc(O)c(N=N/C(C#N)=N/Nc2cc(S(=O)(=O)NCCCCCCCC)ccc2O)c1. The number of amidine groups is 1. The van der Waals surface area contributed by atoms with Gasteiger partial charge >= 0.3 is 0 Å². The Bertz CT molecular complexity index is 1540. The highest BCUT2D eigenvalue weighted by molar-refractivity contribution is 7.89. The molecule has 0 aromatic heterocycles. The predicted molar refractivity (Wildman–Crippen MR) is 175 cm³/mol. The molecular formula is C30H45N7O6S2. The molecular weight excluding hydrogens is 619 g/mol. The Morgan fingerprint density at radius 3 is 1.76 bits per heavy atom. The summed E-state index contributed by atoms with van der Waals surface area (Å²) in [4.78, 5) is -0.251. The quantitative estimate of drug-likeness (QED) is 0.0251. The Morgan fingerprint density at radius 1 is 0.733 bits per heavy atom. The molecule has 0 radical (unpaired) electrons. The molecule has 0 amide bonds. The Kier molecular flexibility index (Phi) is 16.5. The maximum Gasteiger partial charge on any atom is 0.270 e. The van der Waals surface area contributed by atoms with Crippen LogP contribution in [0.25, 0.3) is 0 Å². The van der Waals surface area contributed by atoms with Gasteiger partial charge in [-0.15, -0.1) is 15.3 Å². The maximum absolute atomic E-state index is 12.7. The number of nitrogens with one attached hydrogen (secondary N) is 3. The number of hydrogen-bond acceptors (Lipinski definition) is 10. The number of rotatable bonds is 21. The van der Waals surface area contributed by atoms with E-state index in [1.165, 1.54) is 18.2 Å². The zero-order valence-electron chi connectivity index (χ0n) is 26.0. The van der Waals surface area contributed by atoms with E-state index in [1.807, 2.05) is 0 Å². The lowest BCUT2D eigenvalue weighted by Crippen LogP contribution is -2.24. The first-order valence-corrected chi connectivity index (χ1v) is 18.3. The zero-order valence-corrected chi connectivity index (χ0v) is 27.6. The van der Waals surface area contributed by atoms with Crippen LogP contribution in [0.3, 0.4) is 0 Å². The van der Waals surface area contributed by atoms with Gasteiger partial charge in [-0.2, -0.15) is 5.26 Å². The number of azo groups is 1. The van der Waals surface area contributed by atoms with Crippen LogP contribution in [0.1, 0.15) is 90.9 Å². The van der Waals surface area contributed by atoms with E-state index in [1.54, 1.807) is 6.07 Å². The lowest BCUT2D eigenvalue weighted by molar-refractivity contribution is 0.475. The molecule has 2 rings (SSSR count). The molecule has 0 aliphatic heterocycles. The highest BCUT2D eigenvalue weighted by atomic mass is 32.2. The summed E-state index contributed by atoms with van der Waals surface area (Å²) in [6, 6.07) is 8.75. The van der Waals surface area contributed by atoms with Crippen LogP contribution in [0.5, 0.6) is 11.5 Å². The molecule has 0 saturated heterocycles. The molecule has 15 heteroatoms. The van der Waals surface area contributed by atoms with Crippen LogP contribution in [0.4, 0.5) is 11.4 Å². The van der Waals surface area contributed by atoms with E-state index in [0.29, 0.717) is 12.8 Å². The number of anilines is 1. The van der Waals surface area contributed by atoms with Crippen molar-refractivity contribution in [2.24, 2.45) is 15.3 Å². The summed E-state index contributed by atoms with van der Waals surface area (Å²) >= 11 is 0. The molecule has 2 aromatic rings. The van der Waals surface area contributed by atoms with Gasteiger partial charge < -0.3 is 10.2 Å². The minimum atomic E-state index is -3.87. The van der Waals surface area contributed by atoms with Crippen LogP contribution in [0, 0.1) is 11.3 Å². The fraction of sp³-hybridized carbons (Fsp3) is 0.533. The second-order valence-corrected chi connectivity index (χ2v) is 14.1. The molecule has 5 N–H and O–H groups in total. The number of aromatic hydroxyl groups is 2. The van der Waals surface area contributed by atoms with E-state index in [9.17, 15) is 32.3 Å². The van der Waals surface area contributed by atoms with Crippen LogP contribution in [-0.2, 0) is 20.0 Å². The van der Waals surface area contributed by atoms with Crippen molar-refractivity contribution in [1.82, 2.24) is 9.44 Å². The number of hydrogen-bond donors (Lipinski definition) is 5. The normalized spacial score (nSPS) is 12.4. The van der Waals surface area contributed by atoms with Crippen molar-refractivity contribution >= 4 is 37.3 Å². The van der Waals surface area contributed by atoms with E-state index in [-0.39, 0.29) is 45.8 Å². The third-order valence-electron chi connectivity index (χ3n) is 6.82. The summed E-state index contributed by atoms with van der Waals surface area (Å²) in [5.74, 6) is -1.24. The third-order valence-corrected chi connectivity index (χ3v) is 9.73. The van der Waals surface area contributed by atoms with Crippen LogP contribution in [-0.4, -0.2) is 46.0 Å². The van der Waals surface area contributed by atoms with E-state index in [0.717, 1.165) is 82.4 Å². The summed E-state index contributed by atoms with van der Waals surface area (Å²) in [7, 11) is -7.73. The molecule has 0 bridgehead atoms. The zero-order chi connectivity index (χ0) is 33.1. The maximum atomic E-state index is 12.7. The number of nitriles is 1. The van der Waals surface area contributed by atoms with Gasteiger partial charge in [0, 0.05) is 13.1 Å². The van der Waals surface area contributed by atoms with Gasteiger partial charge in [0.15, 0.2) is 0 Å². The summed E-state index contributed by atoms with van der Waals surface area (Å²) in [6.07, 6.45) is 12.1. The number of hydrazone groups is 1. The van der Waals surface area contributed by atoms with Crippen LogP contribution < -0.4 is 14.9 Å². The van der Waals surface area contributed by atoms with Gasteiger partial charge in [-0.05, 0) is 49.2 Å². The molecule has 45 heavy (non-hydrogen) atoms. The second kappa shape index (κ2) is 19.7. The topological polar surface area (TPSA) is 206 Å². The Hall–Kier alpha value is -3.58. The number of unbranched alkanes of at least 4 members (excludes halogenated alkanes) is 10. The van der Waals surface area contributed by atoms with Gasteiger partial charge in [-0.1, -0.05) is 78.1 Å². The molecule has 2 aromatic carbocycles. The predicted octanol–water partition coefficient (Wildman–Crippen LogP) is 6.41. The Labute approximate surface area is 267 Å². The van der Waals surface area contributed by atoms with Crippen molar-refractivity contribution < 1.29 is 27.0 Å². The van der Waals surface area contributed by atoms with Gasteiger partial charge in [0.05, 0.1) is 15.5 Å². The summed E-state index contributed by atoms with van der Waals surface area (Å²) in [6.45, 7) is 4.81. The van der Waals surface area contributed by atoms with Crippen molar-refractivity contribution in [3.63, 3.8) is 0 Å². The van der Waals surface area contributed by atoms with E-state index < -0.39 is 25.9 Å². The monoisotopic (exact) mass is 663 g/mol. The standard InChI is InChI=1S/C30H45N7O6S2/c1-3-5-7-9-11-13-19-32-44(40,41)24-15-17-28(38)26(21-24)34-36-30(23-31)37-35-27-22-25(16-18-29(27)39)45(42,43)33-20-14-12-10-8-6-4-2/h15-18,21-22,32-34,38-39H,3-14,19-20H2,1-2H3/b36-30+,37-35?. The molecule has 0 fully saturated rings. The molecule has 0 saturated carbocycles. The van der Waals surface area contributed by atoms with E-state index >= 15 is 0 Å². The van der Waals surface area contributed by atoms with Gasteiger partial charge in [0.25, 0.3) is 5.84 Å². The highest BCUT2D eigenvalue weighted by Gasteiger charge is 2.17. The summed E-state index contributed by atoms with van der Waals surface area (Å²) < 4.78 is 55.9. The minimum absolute atomic E-state index is 0.104. The van der Waals surface area contributed by atoms with Gasteiger partial charge in [-0.3, -0.25) is 5.43 Å². The number of benzene rings is 2. The molecule has 0 aliphatic carbocycles. The number of phenolic OH excluding ortho intramolecular Hbond substituents is 2. The van der Waals surface area contributed by atoms with Gasteiger partial charge in [0.2, 0.25) is 20.0 Å². The average molecular weight is 664 g/mol. The largest absolute Gasteiger partial charge is 0.506 e. The Balaban J connectivity index is 2.06. The summed E-state index contributed by atoms with van der Waals surface area (Å²) in [5, 5.41) is 41.0. The lowest BCUT2D eigenvalue weighted by Gasteiger charge is -2.09. The molecule has 248 valence electrons. The fourth-order valence-electron chi connectivity index (χ4n) is 4.20. The Morgan fingerprint density at radius 2 is 1.22 bits per heavy atom. The highest BCUT2D eigenvalue weighted by Crippen LogP contribution is 2.30. The smallest absolute Gasteiger partial charge is 0.270 e. The molecule has 0 spiro atoms. The first-order chi connectivity index (χ1) is 21.5. The first-order valence-electron chi connectivity index (χ1n) is 15.3. The molecule has 13 nitrogen and oxygen atoms in total. The lowest BCUT2D eigenvalue weighted by atomic mass is 10.1. The molecule has 0 unspecified atom stereocenters. The number of phenols is 2. The van der Waals surface area contributed by atoms with Crippen molar-refractivity contribution in [1.29, 1.82) is 5.26 Å². The van der Waals surface area contributed by atoms with Crippen LogP contribution in [0.15, 0.2) is 61.5 Å². The van der Waals surface area contributed by atoms with E-state index in [2.05, 4.69) is 44.0 Å². The molecule has 0 aliphatic rings. The van der Waals surface area contributed by atoms with Crippen molar-refractivity contribution in [3.8, 4) is 17.6 Å². The average Bonchev–Trinajstić information content (AvgIpc) is 3.01. The minimum Gasteiger partial charge on any atom is -0.506 e. The van der Waals surface area contributed by atoms with Crippen molar-refractivity contribution in [2.75, 3.05) is 18.5 Å². The third kappa shape index (κ3) is 13.5. The second-order valence-electron chi connectivity index (χ2n) is 10.5. The number of nitrogens with zero attached hydrogens (tertiary/aromatic N) is 4. The van der Waals surface area contributed by atoms with E-state index in [4.69, 9.17) is 0 Å². The molecule has 0 atom stereocenters. The fourth-order valence-corrected chi connectivity index (χ4v) is 6.39. The van der Waals surface area contributed by atoms with Crippen molar-refractivity contribution in [2.45, 2.75) is 101 Å². The number of sulfonamides is 2. The van der Waals surface area contributed by atoms with Gasteiger partial charge in [-0.25, -0.2) is 26.3 Å². The van der Waals surface area contributed by atoms with Crippen LogP contribution >= 0.6 is 0 Å².